The number of H-pyrrole nitrogens is 1. The van der Waals surface area contributed by atoms with Crippen LogP contribution in [0.25, 0.3) is 0 Å². The van der Waals surface area contributed by atoms with Crippen molar-refractivity contribution in [3.05, 3.63) is 22.4 Å². The molecular formula is C8H11N3O. The van der Waals surface area contributed by atoms with Gasteiger partial charge in [0.05, 0.1) is 11.9 Å². The summed E-state index contributed by atoms with van der Waals surface area (Å²) < 4.78 is 0. The van der Waals surface area contributed by atoms with Crippen molar-refractivity contribution in [2.45, 2.75) is 31.6 Å². The summed E-state index contributed by atoms with van der Waals surface area (Å²) in [5, 5.41) is 6.01. The highest BCUT2D eigenvalue weighted by Crippen LogP contribution is 2.31. The van der Waals surface area contributed by atoms with E-state index < -0.39 is 0 Å². The summed E-state index contributed by atoms with van der Waals surface area (Å²) >= 11 is 0. The molecular weight excluding hydrogens is 154 g/mol. The summed E-state index contributed by atoms with van der Waals surface area (Å²) in [7, 11) is 0. The smallest absolute Gasteiger partial charge is 0.244 e. The van der Waals surface area contributed by atoms with E-state index in [1.54, 1.807) is 6.20 Å². The van der Waals surface area contributed by atoms with Crippen molar-refractivity contribution in [2.75, 3.05) is 0 Å². The van der Waals surface area contributed by atoms with Crippen LogP contribution in [-0.4, -0.2) is 15.2 Å². The Kier molecular flexibility index (Phi) is 1.89. The maximum absolute atomic E-state index is 10.8. The summed E-state index contributed by atoms with van der Waals surface area (Å²) in [6, 6.07) is 0. The van der Waals surface area contributed by atoms with Crippen LogP contribution in [0.2, 0.25) is 0 Å². The largest absolute Gasteiger partial charge is 0.361 e. The number of nitrogens with zero attached hydrogens (tertiary/aromatic N) is 2. The summed E-state index contributed by atoms with van der Waals surface area (Å²) in [6.45, 7) is 0. The lowest BCUT2D eigenvalue weighted by Crippen LogP contribution is -2.15. The second-order valence-corrected chi connectivity index (χ2v) is 3.19. The molecule has 1 fully saturated rings. The first kappa shape index (κ1) is 7.46. The van der Waals surface area contributed by atoms with Gasteiger partial charge in [-0.15, -0.1) is 0 Å². The van der Waals surface area contributed by atoms with Gasteiger partial charge in [-0.3, -0.25) is 0 Å². The molecule has 0 aromatic carbocycles. The van der Waals surface area contributed by atoms with E-state index in [2.05, 4.69) is 15.2 Å². The van der Waals surface area contributed by atoms with Crippen molar-refractivity contribution >= 4 is 0 Å². The first-order valence-electron chi connectivity index (χ1n) is 4.28. The zero-order valence-corrected chi connectivity index (χ0v) is 6.79. The predicted octanol–water partition coefficient (Wildman–Crippen LogP) is 0.822. The number of nitrogens with one attached hydrogen (secondary N) is 1. The quantitative estimate of drug-likeness (QED) is 0.670. The van der Waals surface area contributed by atoms with E-state index in [4.69, 9.17) is 0 Å². The predicted molar refractivity (Wildman–Crippen MR) is 43.9 cm³/mol. The van der Waals surface area contributed by atoms with Gasteiger partial charge >= 0.3 is 5.69 Å². The highest BCUT2D eigenvalue weighted by atomic mass is 16.1. The second-order valence-electron chi connectivity index (χ2n) is 3.19. The standard InChI is InChI=1S/C8H11N3O/c12-8-10-7(5-9-11-8)6-3-1-2-4-6/h5-6H,1-4H2,(H,10,11,12). The summed E-state index contributed by atoms with van der Waals surface area (Å²) in [5.41, 5.74) is 0.524. The first-order valence-corrected chi connectivity index (χ1v) is 4.28. The average molecular weight is 165 g/mol. The molecule has 4 nitrogen and oxygen atoms in total. The van der Waals surface area contributed by atoms with E-state index >= 15 is 0 Å². The minimum atomic E-state index is -0.334. The van der Waals surface area contributed by atoms with Crippen LogP contribution < -0.4 is 5.69 Å². The Bertz CT molecular complexity index is 314. The molecule has 0 spiro atoms. The molecule has 0 amide bonds. The third-order valence-electron chi connectivity index (χ3n) is 2.36. The zero-order chi connectivity index (χ0) is 8.39. The SMILES string of the molecule is O=c1nc(C2CCCC2)cn[nH]1. The molecule has 0 aliphatic heterocycles. The van der Waals surface area contributed by atoms with Gasteiger partial charge in [0.25, 0.3) is 0 Å². The molecule has 0 atom stereocenters. The molecule has 1 aliphatic carbocycles. The fourth-order valence-electron chi connectivity index (χ4n) is 1.74. The zero-order valence-electron chi connectivity index (χ0n) is 6.79. The third-order valence-corrected chi connectivity index (χ3v) is 2.36. The Morgan fingerprint density at radius 2 is 2.17 bits per heavy atom. The minimum absolute atomic E-state index is 0.334. The molecule has 0 bridgehead atoms. The number of rotatable bonds is 1. The molecule has 1 saturated carbocycles. The molecule has 2 rings (SSSR count). The molecule has 12 heavy (non-hydrogen) atoms. The fraction of sp³-hybridized carbons (Fsp3) is 0.625. The van der Waals surface area contributed by atoms with Crippen molar-refractivity contribution in [1.29, 1.82) is 0 Å². The molecule has 0 radical (unpaired) electrons. The minimum Gasteiger partial charge on any atom is -0.244 e. The van der Waals surface area contributed by atoms with Gasteiger partial charge in [0.2, 0.25) is 0 Å². The highest BCUT2D eigenvalue weighted by Gasteiger charge is 2.18. The maximum Gasteiger partial charge on any atom is 0.361 e. The Labute approximate surface area is 70.0 Å². The molecule has 4 heteroatoms. The van der Waals surface area contributed by atoms with Gasteiger partial charge in [-0.25, -0.2) is 9.89 Å². The lowest BCUT2D eigenvalue weighted by atomic mass is 10.1. The fourth-order valence-corrected chi connectivity index (χ4v) is 1.74. The monoisotopic (exact) mass is 165 g/mol. The molecule has 1 heterocycles. The lowest BCUT2D eigenvalue weighted by molar-refractivity contribution is 0.674. The Morgan fingerprint density at radius 3 is 2.83 bits per heavy atom. The van der Waals surface area contributed by atoms with Gasteiger partial charge in [-0.1, -0.05) is 12.8 Å². The van der Waals surface area contributed by atoms with Gasteiger partial charge < -0.3 is 0 Å². The third kappa shape index (κ3) is 1.37. The maximum atomic E-state index is 10.8. The van der Waals surface area contributed by atoms with E-state index in [9.17, 15) is 4.79 Å². The molecule has 1 aromatic rings. The van der Waals surface area contributed by atoms with Crippen LogP contribution in [-0.2, 0) is 0 Å². The van der Waals surface area contributed by atoms with Crippen molar-refractivity contribution < 1.29 is 0 Å². The van der Waals surface area contributed by atoms with E-state index in [1.165, 1.54) is 12.8 Å². The van der Waals surface area contributed by atoms with Crippen molar-refractivity contribution in [1.82, 2.24) is 15.2 Å². The second kappa shape index (κ2) is 3.05. The van der Waals surface area contributed by atoms with E-state index in [0.717, 1.165) is 18.5 Å². The summed E-state index contributed by atoms with van der Waals surface area (Å²) in [6.07, 6.45) is 6.46. The van der Waals surface area contributed by atoms with Crippen LogP contribution >= 0.6 is 0 Å². The molecule has 1 aromatic heterocycles. The van der Waals surface area contributed by atoms with Crippen molar-refractivity contribution in [3.63, 3.8) is 0 Å². The number of aromatic amines is 1. The lowest BCUT2D eigenvalue weighted by Gasteiger charge is -2.04. The van der Waals surface area contributed by atoms with Crippen LogP contribution in [0.15, 0.2) is 11.0 Å². The van der Waals surface area contributed by atoms with Crippen LogP contribution in [0.4, 0.5) is 0 Å². The van der Waals surface area contributed by atoms with Gasteiger partial charge in [0, 0.05) is 5.92 Å². The van der Waals surface area contributed by atoms with Gasteiger partial charge in [0.1, 0.15) is 0 Å². The van der Waals surface area contributed by atoms with Crippen LogP contribution in [0.3, 0.4) is 0 Å². The summed E-state index contributed by atoms with van der Waals surface area (Å²) in [4.78, 5) is 14.7. The van der Waals surface area contributed by atoms with Crippen molar-refractivity contribution in [2.24, 2.45) is 0 Å². The first-order chi connectivity index (χ1) is 5.86. The number of hydrogen-bond donors (Lipinski definition) is 1. The van der Waals surface area contributed by atoms with Crippen LogP contribution in [0, 0.1) is 0 Å². The van der Waals surface area contributed by atoms with Crippen LogP contribution in [0.1, 0.15) is 37.3 Å². The van der Waals surface area contributed by atoms with Gasteiger partial charge in [-0.05, 0) is 12.8 Å². The Balaban J connectivity index is 2.27. The molecule has 64 valence electrons. The number of aromatic nitrogens is 3. The van der Waals surface area contributed by atoms with Crippen molar-refractivity contribution in [3.8, 4) is 0 Å². The molecule has 1 N–H and O–H groups in total. The molecule has 1 aliphatic rings. The summed E-state index contributed by atoms with van der Waals surface area (Å²) in [5.74, 6) is 0.472. The molecule has 0 unspecified atom stereocenters. The van der Waals surface area contributed by atoms with Gasteiger partial charge in [-0.2, -0.15) is 10.1 Å². The van der Waals surface area contributed by atoms with Gasteiger partial charge in [0.15, 0.2) is 0 Å². The highest BCUT2D eigenvalue weighted by molar-refractivity contribution is 5.03. The molecule has 0 saturated heterocycles. The van der Waals surface area contributed by atoms with E-state index in [-0.39, 0.29) is 5.69 Å². The topological polar surface area (TPSA) is 58.6 Å². The Morgan fingerprint density at radius 1 is 1.42 bits per heavy atom. The number of hydrogen-bond acceptors (Lipinski definition) is 3. The van der Waals surface area contributed by atoms with E-state index in [1.807, 2.05) is 0 Å². The van der Waals surface area contributed by atoms with Crippen LogP contribution in [0.5, 0.6) is 0 Å². The Hall–Kier alpha value is -1.19. The average Bonchev–Trinajstić information content (AvgIpc) is 2.56. The van der Waals surface area contributed by atoms with E-state index in [0.29, 0.717) is 5.92 Å². The normalized spacial score (nSPS) is 18.3.